The average molecular weight is 509 g/mol. The van der Waals surface area contributed by atoms with Crippen molar-refractivity contribution in [3.8, 4) is 0 Å². The van der Waals surface area contributed by atoms with E-state index in [9.17, 15) is 9.59 Å². The molecule has 4 N–H and O–H groups in total. The number of amides is 2. The molecule has 10 nitrogen and oxygen atoms in total. The summed E-state index contributed by atoms with van der Waals surface area (Å²) in [6.45, 7) is 3.10. The van der Waals surface area contributed by atoms with Crippen LogP contribution in [-0.4, -0.2) is 57.8 Å². The fraction of sp³-hybridized carbons (Fsp3) is 0.179. The molecule has 2 aromatic carbocycles. The second-order valence-corrected chi connectivity index (χ2v) is 8.87. The van der Waals surface area contributed by atoms with Crippen LogP contribution in [0.2, 0.25) is 0 Å². The topological polar surface area (TPSA) is 129 Å². The Morgan fingerprint density at radius 2 is 1.71 bits per heavy atom. The molecule has 0 saturated carbocycles. The van der Waals surface area contributed by atoms with Crippen molar-refractivity contribution in [2.45, 2.75) is 6.54 Å². The summed E-state index contributed by atoms with van der Waals surface area (Å²) in [7, 11) is 0. The number of rotatable bonds is 8. The summed E-state index contributed by atoms with van der Waals surface area (Å²) >= 11 is 0. The summed E-state index contributed by atoms with van der Waals surface area (Å²) in [5, 5.41) is 6.51. The number of benzene rings is 2. The number of carbonyl (C=O) groups excluding carboxylic acids is 2. The van der Waals surface area contributed by atoms with Crippen LogP contribution in [-0.2, 0) is 6.54 Å². The molecule has 0 bridgehead atoms. The first kappa shape index (κ1) is 24.7. The standard InChI is InChI=1S/C28H28N8O2/c29-27(37)23-18-33-25(16-24(23)32-17-20-5-2-1-3-6-20)34-22-8-4-7-21(15-22)28(38)36-13-11-35(12-14-36)26-19-30-9-10-31-26/h1-10,15-16,18-19H,11-14,17H2,(H2,29,37)(H2,32,33,34). The Bertz CT molecular complexity index is 1410. The van der Waals surface area contributed by atoms with Crippen LogP contribution in [0.25, 0.3) is 0 Å². The quantitative estimate of drug-likeness (QED) is 0.331. The summed E-state index contributed by atoms with van der Waals surface area (Å²) in [5.74, 6) is 0.743. The molecule has 0 atom stereocenters. The van der Waals surface area contributed by atoms with Crippen LogP contribution in [0.1, 0.15) is 26.3 Å². The molecular weight excluding hydrogens is 480 g/mol. The van der Waals surface area contributed by atoms with E-state index in [-0.39, 0.29) is 5.91 Å². The van der Waals surface area contributed by atoms with Gasteiger partial charge in [-0.2, -0.15) is 0 Å². The molecule has 2 aromatic heterocycles. The van der Waals surface area contributed by atoms with Crippen molar-refractivity contribution in [1.82, 2.24) is 19.9 Å². The van der Waals surface area contributed by atoms with Gasteiger partial charge in [-0.05, 0) is 23.8 Å². The van der Waals surface area contributed by atoms with Crippen molar-refractivity contribution in [3.63, 3.8) is 0 Å². The highest BCUT2D eigenvalue weighted by molar-refractivity contribution is 5.99. The van der Waals surface area contributed by atoms with Crippen LogP contribution < -0.4 is 21.3 Å². The predicted molar refractivity (Wildman–Crippen MR) is 146 cm³/mol. The number of aromatic nitrogens is 3. The van der Waals surface area contributed by atoms with Gasteiger partial charge in [-0.25, -0.2) is 9.97 Å². The van der Waals surface area contributed by atoms with E-state index in [1.54, 1.807) is 36.8 Å². The SMILES string of the molecule is NC(=O)c1cnc(Nc2cccc(C(=O)N3CCN(c4cnccn4)CC3)c2)cc1NCc1ccccc1. The highest BCUT2D eigenvalue weighted by Gasteiger charge is 2.23. The minimum atomic E-state index is -0.563. The Hall–Kier alpha value is -4.99. The first-order chi connectivity index (χ1) is 18.6. The Labute approximate surface area is 220 Å². The second kappa shape index (κ2) is 11.4. The number of primary amides is 1. The van der Waals surface area contributed by atoms with Gasteiger partial charge in [0.05, 0.1) is 17.4 Å². The van der Waals surface area contributed by atoms with Crippen LogP contribution in [0.15, 0.2) is 85.5 Å². The highest BCUT2D eigenvalue weighted by atomic mass is 16.2. The molecule has 1 aliphatic heterocycles. The lowest BCUT2D eigenvalue weighted by molar-refractivity contribution is 0.0746. The summed E-state index contributed by atoms with van der Waals surface area (Å²) in [6.07, 6.45) is 6.50. The van der Waals surface area contributed by atoms with E-state index in [0.717, 1.165) is 11.4 Å². The number of pyridine rings is 1. The number of nitrogens with two attached hydrogens (primary N) is 1. The molecule has 10 heteroatoms. The Morgan fingerprint density at radius 1 is 0.895 bits per heavy atom. The minimum Gasteiger partial charge on any atom is -0.380 e. The van der Waals surface area contributed by atoms with Gasteiger partial charge in [0, 0.05) is 68.6 Å². The van der Waals surface area contributed by atoms with Gasteiger partial charge in [0.25, 0.3) is 11.8 Å². The van der Waals surface area contributed by atoms with E-state index in [1.807, 2.05) is 47.4 Å². The normalized spacial score (nSPS) is 13.2. The molecule has 192 valence electrons. The first-order valence-corrected chi connectivity index (χ1v) is 12.3. The van der Waals surface area contributed by atoms with Gasteiger partial charge in [0.1, 0.15) is 11.6 Å². The van der Waals surface area contributed by atoms with Crippen LogP contribution in [0.3, 0.4) is 0 Å². The van der Waals surface area contributed by atoms with E-state index < -0.39 is 5.91 Å². The number of anilines is 4. The van der Waals surface area contributed by atoms with E-state index in [2.05, 4.69) is 30.5 Å². The lowest BCUT2D eigenvalue weighted by Gasteiger charge is -2.35. The fourth-order valence-corrected chi connectivity index (χ4v) is 4.31. The second-order valence-electron chi connectivity index (χ2n) is 8.87. The molecule has 0 aliphatic carbocycles. The molecule has 5 rings (SSSR count). The molecule has 0 unspecified atom stereocenters. The first-order valence-electron chi connectivity index (χ1n) is 12.3. The summed E-state index contributed by atoms with van der Waals surface area (Å²) < 4.78 is 0. The molecule has 1 saturated heterocycles. The maximum atomic E-state index is 13.2. The lowest BCUT2D eigenvalue weighted by atomic mass is 10.1. The zero-order valence-electron chi connectivity index (χ0n) is 20.7. The third kappa shape index (κ3) is 5.86. The van der Waals surface area contributed by atoms with Crippen LogP contribution in [0.4, 0.5) is 23.0 Å². The van der Waals surface area contributed by atoms with E-state index in [4.69, 9.17) is 5.73 Å². The highest BCUT2D eigenvalue weighted by Crippen LogP contribution is 2.23. The molecule has 0 spiro atoms. The molecule has 1 fully saturated rings. The van der Waals surface area contributed by atoms with Gasteiger partial charge in [0.2, 0.25) is 0 Å². The Morgan fingerprint density at radius 3 is 2.45 bits per heavy atom. The predicted octanol–water partition coefficient (Wildman–Crippen LogP) is 3.29. The fourth-order valence-electron chi connectivity index (χ4n) is 4.31. The van der Waals surface area contributed by atoms with Gasteiger partial charge < -0.3 is 26.2 Å². The number of hydrogen-bond donors (Lipinski definition) is 3. The van der Waals surface area contributed by atoms with Crippen molar-refractivity contribution < 1.29 is 9.59 Å². The third-order valence-electron chi connectivity index (χ3n) is 6.32. The zero-order chi connectivity index (χ0) is 26.3. The number of hydrogen-bond acceptors (Lipinski definition) is 8. The smallest absolute Gasteiger partial charge is 0.254 e. The molecule has 4 aromatic rings. The van der Waals surface area contributed by atoms with Crippen molar-refractivity contribution in [3.05, 3.63) is 102 Å². The average Bonchev–Trinajstić information content (AvgIpc) is 2.97. The third-order valence-corrected chi connectivity index (χ3v) is 6.32. The Balaban J connectivity index is 1.26. The van der Waals surface area contributed by atoms with Crippen LogP contribution in [0.5, 0.6) is 0 Å². The van der Waals surface area contributed by atoms with E-state index in [0.29, 0.717) is 61.0 Å². The maximum Gasteiger partial charge on any atom is 0.254 e. The monoisotopic (exact) mass is 508 g/mol. The molecule has 1 aliphatic rings. The molecule has 0 radical (unpaired) electrons. The van der Waals surface area contributed by atoms with Gasteiger partial charge >= 0.3 is 0 Å². The molecule has 38 heavy (non-hydrogen) atoms. The van der Waals surface area contributed by atoms with Crippen molar-refractivity contribution in [2.24, 2.45) is 5.73 Å². The number of piperazine rings is 1. The summed E-state index contributed by atoms with van der Waals surface area (Å²) in [5.41, 5.74) is 8.80. The van der Waals surface area contributed by atoms with Gasteiger partial charge in [-0.1, -0.05) is 36.4 Å². The zero-order valence-corrected chi connectivity index (χ0v) is 20.7. The molecule has 3 heterocycles. The van der Waals surface area contributed by atoms with Crippen LogP contribution >= 0.6 is 0 Å². The van der Waals surface area contributed by atoms with Crippen molar-refractivity contribution >= 4 is 34.8 Å². The van der Waals surface area contributed by atoms with Gasteiger partial charge in [-0.3, -0.25) is 14.6 Å². The van der Waals surface area contributed by atoms with Gasteiger partial charge in [-0.15, -0.1) is 0 Å². The number of carbonyl (C=O) groups is 2. The number of nitrogens with zero attached hydrogens (tertiary/aromatic N) is 5. The van der Waals surface area contributed by atoms with E-state index >= 15 is 0 Å². The summed E-state index contributed by atoms with van der Waals surface area (Å²) in [6, 6.07) is 18.9. The molecular formula is C28H28N8O2. The van der Waals surface area contributed by atoms with Crippen molar-refractivity contribution in [2.75, 3.05) is 41.7 Å². The minimum absolute atomic E-state index is 0.0327. The van der Waals surface area contributed by atoms with Crippen LogP contribution in [0, 0.1) is 0 Å². The van der Waals surface area contributed by atoms with Gasteiger partial charge in [0.15, 0.2) is 0 Å². The van der Waals surface area contributed by atoms with E-state index in [1.165, 1.54) is 6.20 Å². The number of nitrogens with one attached hydrogen (secondary N) is 2. The van der Waals surface area contributed by atoms with Crippen molar-refractivity contribution in [1.29, 1.82) is 0 Å². The maximum absolute atomic E-state index is 13.2. The lowest BCUT2D eigenvalue weighted by Crippen LogP contribution is -2.49. The Kier molecular flexibility index (Phi) is 7.39. The molecule has 2 amide bonds. The largest absolute Gasteiger partial charge is 0.380 e. The summed E-state index contributed by atoms with van der Waals surface area (Å²) in [4.78, 5) is 41.9.